The molecule has 0 bridgehead atoms. The average Bonchev–Trinajstić information content (AvgIpc) is 3.04. The first-order valence-corrected chi connectivity index (χ1v) is 12.5. The van der Waals surface area contributed by atoms with Gasteiger partial charge >= 0.3 is 12.1 Å². The highest BCUT2D eigenvalue weighted by Crippen LogP contribution is 2.39. The summed E-state index contributed by atoms with van der Waals surface area (Å²) in [5.41, 5.74) is -0.710. The summed E-state index contributed by atoms with van der Waals surface area (Å²) in [6.45, 7) is 0. The van der Waals surface area contributed by atoms with Gasteiger partial charge in [-0.15, -0.1) is 11.8 Å². The molecule has 1 fully saturated rings. The highest BCUT2D eigenvalue weighted by atomic mass is 32.2. The minimum atomic E-state index is -4.40. The fourth-order valence-electron chi connectivity index (χ4n) is 4.51. The summed E-state index contributed by atoms with van der Waals surface area (Å²) in [6, 6.07) is 5.04. The quantitative estimate of drug-likeness (QED) is 0.208. The number of hydrogen-bond acceptors (Lipinski definition) is 6. The molecule has 0 radical (unpaired) electrons. The van der Waals surface area contributed by atoms with Gasteiger partial charge in [-0.2, -0.15) is 13.2 Å². The number of rotatable bonds is 13. The third-order valence-electron chi connectivity index (χ3n) is 6.35. The lowest BCUT2D eigenvalue weighted by atomic mass is 9.85. The smallest absolute Gasteiger partial charge is 0.416 e. The first-order chi connectivity index (χ1) is 15.6. The van der Waals surface area contributed by atoms with Crippen LogP contribution in [0.1, 0.15) is 63.4 Å². The molecule has 0 aliphatic heterocycles. The number of benzene rings is 1. The van der Waals surface area contributed by atoms with Gasteiger partial charge in [0.15, 0.2) is 0 Å². The molecule has 1 aliphatic rings. The highest BCUT2D eigenvalue weighted by molar-refractivity contribution is 7.99. The second-order valence-corrected chi connectivity index (χ2v) is 9.89. The van der Waals surface area contributed by atoms with Crippen molar-refractivity contribution in [3.63, 3.8) is 0 Å². The van der Waals surface area contributed by atoms with Gasteiger partial charge in [-0.1, -0.05) is 25.3 Å². The Kier molecular flexibility index (Phi) is 11.5. The molecule has 1 aromatic rings. The number of carbonyl (C=O) groups is 1. The predicted molar refractivity (Wildman–Crippen MR) is 121 cm³/mol. The van der Waals surface area contributed by atoms with Crippen LogP contribution in [0.4, 0.5) is 13.2 Å². The van der Waals surface area contributed by atoms with Crippen LogP contribution in [-0.4, -0.2) is 52.5 Å². The van der Waals surface area contributed by atoms with E-state index in [4.69, 9.17) is 0 Å². The second kappa shape index (κ2) is 13.6. The summed E-state index contributed by atoms with van der Waals surface area (Å²) in [6.07, 6.45) is -0.352. The molecule has 33 heavy (non-hydrogen) atoms. The summed E-state index contributed by atoms with van der Waals surface area (Å²) in [4.78, 5) is 11.6. The number of hydrogen-bond donors (Lipinski definition) is 3. The summed E-state index contributed by atoms with van der Waals surface area (Å²) < 4.78 is 43.1. The molecular weight excluding hydrogens is 457 g/mol. The van der Waals surface area contributed by atoms with Crippen LogP contribution in [0.5, 0.6) is 0 Å². The molecule has 1 aromatic carbocycles. The van der Waals surface area contributed by atoms with Gasteiger partial charge < -0.3 is 20.1 Å². The number of unbranched alkanes of at least 4 members (excludes halogenated alkanes) is 3. The van der Waals surface area contributed by atoms with Crippen molar-refractivity contribution in [1.82, 2.24) is 0 Å². The molecule has 2 rings (SSSR count). The molecule has 0 spiro atoms. The number of methoxy groups -OCH3 is 1. The molecular formula is C24H35F3O5S. The van der Waals surface area contributed by atoms with Gasteiger partial charge in [0.2, 0.25) is 0 Å². The predicted octanol–water partition coefficient (Wildman–Crippen LogP) is 4.81. The highest BCUT2D eigenvalue weighted by Gasteiger charge is 2.40. The van der Waals surface area contributed by atoms with Gasteiger partial charge in [0.1, 0.15) is 0 Å². The maximum Gasteiger partial charge on any atom is 0.416 e. The van der Waals surface area contributed by atoms with Crippen molar-refractivity contribution < 1.29 is 38.0 Å². The van der Waals surface area contributed by atoms with E-state index in [0.29, 0.717) is 30.6 Å². The SMILES string of the molecule is COC(=O)CCCCCCC1C(CCC(O)CSc2cccc(C(F)(F)F)c2)[C@H](O)C[C@@H]1O. The number of aliphatic hydroxyl groups excluding tert-OH is 3. The van der Waals surface area contributed by atoms with Crippen LogP contribution in [0.25, 0.3) is 0 Å². The summed E-state index contributed by atoms with van der Waals surface area (Å²) in [5, 5.41) is 31.1. The lowest BCUT2D eigenvalue weighted by Gasteiger charge is -2.24. The number of halogens is 3. The van der Waals surface area contributed by atoms with Crippen LogP contribution in [0, 0.1) is 11.8 Å². The zero-order chi connectivity index (χ0) is 24.4. The largest absolute Gasteiger partial charge is 0.469 e. The van der Waals surface area contributed by atoms with E-state index in [1.54, 1.807) is 6.07 Å². The van der Waals surface area contributed by atoms with E-state index in [0.717, 1.165) is 44.2 Å². The minimum Gasteiger partial charge on any atom is -0.469 e. The van der Waals surface area contributed by atoms with Crippen molar-refractivity contribution in [2.45, 2.75) is 87.2 Å². The fraction of sp³-hybridized carbons (Fsp3) is 0.708. The van der Waals surface area contributed by atoms with E-state index in [1.165, 1.54) is 24.9 Å². The van der Waals surface area contributed by atoms with Gasteiger partial charge in [0.05, 0.1) is 31.0 Å². The molecule has 188 valence electrons. The molecule has 1 aliphatic carbocycles. The standard InChI is InChI=1S/C24H35F3O5S/c1-32-23(31)10-5-3-2-4-9-19-20(22(30)14-21(19)29)12-11-17(28)15-33-18-8-6-7-16(13-18)24(25,26)27/h6-8,13,17,19-22,28-30H,2-5,9-12,14-15H2,1H3/t17?,19?,20?,21-,22+/m0/s1. The van der Waals surface area contributed by atoms with Crippen molar-refractivity contribution >= 4 is 17.7 Å². The summed E-state index contributed by atoms with van der Waals surface area (Å²) in [5.74, 6) is -0.0984. The monoisotopic (exact) mass is 492 g/mol. The first-order valence-electron chi connectivity index (χ1n) is 11.5. The number of ether oxygens (including phenoxy) is 1. The Hall–Kier alpha value is -1.29. The molecule has 0 heterocycles. The van der Waals surface area contributed by atoms with Crippen molar-refractivity contribution in [3.05, 3.63) is 29.8 Å². The van der Waals surface area contributed by atoms with E-state index in [9.17, 15) is 33.3 Å². The van der Waals surface area contributed by atoms with Crippen LogP contribution < -0.4 is 0 Å². The van der Waals surface area contributed by atoms with E-state index >= 15 is 0 Å². The van der Waals surface area contributed by atoms with Crippen LogP contribution >= 0.6 is 11.8 Å². The van der Waals surface area contributed by atoms with Crippen molar-refractivity contribution in [1.29, 1.82) is 0 Å². The Labute approximate surface area is 197 Å². The summed E-state index contributed by atoms with van der Waals surface area (Å²) in [7, 11) is 1.37. The molecule has 0 saturated heterocycles. The lowest BCUT2D eigenvalue weighted by Crippen LogP contribution is -2.24. The molecule has 3 N–H and O–H groups in total. The molecule has 0 aromatic heterocycles. The summed E-state index contributed by atoms with van der Waals surface area (Å²) >= 11 is 1.17. The van der Waals surface area contributed by atoms with Gasteiger partial charge in [-0.05, 0) is 62.1 Å². The Balaban J connectivity index is 1.74. The number of esters is 1. The number of aliphatic hydroxyl groups is 3. The number of thioether (sulfide) groups is 1. The average molecular weight is 493 g/mol. The lowest BCUT2D eigenvalue weighted by molar-refractivity contribution is -0.140. The van der Waals surface area contributed by atoms with Crippen LogP contribution in [0.3, 0.4) is 0 Å². The first kappa shape index (κ1) is 28.0. The Morgan fingerprint density at radius 2 is 1.79 bits per heavy atom. The zero-order valence-electron chi connectivity index (χ0n) is 19.0. The van der Waals surface area contributed by atoms with E-state index < -0.39 is 30.1 Å². The van der Waals surface area contributed by atoms with E-state index in [-0.39, 0.29) is 23.6 Å². The Morgan fingerprint density at radius 1 is 1.12 bits per heavy atom. The van der Waals surface area contributed by atoms with E-state index in [2.05, 4.69) is 4.74 Å². The third-order valence-corrected chi connectivity index (χ3v) is 7.49. The van der Waals surface area contributed by atoms with Gasteiger partial charge in [-0.25, -0.2) is 0 Å². The van der Waals surface area contributed by atoms with Gasteiger partial charge in [0, 0.05) is 17.1 Å². The second-order valence-electron chi connectivity index (χ2n) is 8.79. The van der Waals surface area contributed by atoms with E-state index in [1.807, 2.05) is 0 Å². The number of alkyl halides is 3. The number of carbonyl (C=O) groups excluding carboxylic acids is 1. The molecule has 5 atom stereocenters. The topological polar surface area (TPSA) is 87.0 Å². The van der Waals surface area contributed by atoms with Crippen molar-refractivity contribution in [2.75, 3.05) is 12.9 Å². The maximum atomic E-state index is 12.8. The normalized spacial score (nSPS) is 24.1. The Morgan fingerprint density at radius 3 is 2.45 bits per heavy atom. The molecule has 9 heteroatoms. The Bertz CT molecular complexity index is 730. The van der Waals surface area contributed by atoms with Crippen molar-refractivity contribution in [3.8, 4) is 0 Å². The zero-order valence-corrected chi connectivity index (χ0v) is 19.8. The van der Waals surface area contributed by atoms with Crippen LogP contribution in [0.15, 0.2) is 29.2 Å². The van der Waals surface area contributed by atoms with Crippen LogP contribution in [0.2, 0.25) is 0 Å². The third kappa shape index (κ3) is 9.47. The maximum absolute atomic E-state index is 12.8. The minimum absolute atomic E-state index is 0.0380. The molecule has 1 saturated carbocycles. The van der Waals surface area contributed by atoms with Crippen LogP contribution in [-0.2, 0) is 15.7 Å². The van der Waals surface area contributed by atoms with Gasteiger partial charge in [-0.3, -0.25) is 4.79 Å². The fourth-order valence-corrected chi connectivity index (χ4v) is 5.45. The van der Waals surface area contributed by atoms with Gasteiger partial charge in [0.25, 0.3) is 0 Å². The molecule has 3 unspecified atom stereocenters. The van der Waals surface area contributed by atoms with Crippen molar-refractivity contribution in [2.24, 2.45) is 11.8 Å². The molecule has 0 amide bonds. The molecule has 5 nitrogen and oxygen atoms in total.